The minimum Gasteiger partial charge on any atom is -0.466 e. The molecule has 3 rings (SSSR count). The molecule has 1 unspecified atom stereocenters. The van der Waals surface area contributed by atoms with Crippen LogP contribution in [0.1, 0.15) is 51.3 Å². The van der Waals surface area contributed by atoms with E-state index < -0.39 is 24.9 Å². The summed E-state index contributed by atoms with van der Waals surface area (Å²) >= 11 is 1.14. The van der Waals surface area contributed by atoms with Crippen LogP contribution >= 0.6 is 11.3 Å². The molecule has 0 saturated heterocycles. The first-order chi connectivity index (χ1) is 14.6. The molecule has 1 aliphatic rings. The van der Waals surface area contributed by atoms with Gasteiger partial charge in [0.15, 0.2) is 0 Å². The summed E-state index contributed by atoms with van der Waals surface area (Å²) in [5, 5.41) is 13.7. The summed E-state index contributed by atoms with van der Waals surface area (Å²) in [5.41, 5.74) is 1.48. The summed E-state index contributed by atoms with van der Waals surface area (Å²) in [5.74, 6) is 0.0638. The van der Waals surface area contributed by atoms with E-state index in [1.807, 2.05) is 6.92 Å². The molecule has 0 saturated carbocycles. The number of aryl methyl sites for hydroxylation is 1. The Balaban J connectivity index is 1.71. The molecule has 0 bridgehead atoms. The molecule has 9 nitrogen and oxygen atoms in total. The van der Waals surface area contributed by atoms with Gasteiger partial charge >= 0.3 is 19.2 Å². The number of nitrogens with one attached hydrogen (secondary N) is 1. The number of amides is 1. The zero-order chi connectivity index (χ0) is 22.8. The molecule has 0 aliphatic carbocycles. The maximum Gasteiger partial charge on any atom is 0.492 e. The summed E-state index contributed by atoms with van der Waals surface area (Å²) in [6.07, 6.45) is 0.328. The maximum atomic E-state index is 11.9. The molecule has 1 aromatic carbocycles. The third-order valence-corrected chi connectivity index (χ3v) is 5.04. The number of carbonyl (C=O) groups excluding carboxylic acids is 2. The number of thiazole rings is 1. The van der Waals surface area contributed by atoms with E-state index in [1.54, 1.807) is 39.8 Å². The highest BCUT2D eigenvalue weighted by molar-refractivity contribution is 7.17. The van der Waals surface area contributed by atoms with Crippen molar-refractivity contribution in [1.29, 1.82) is 0 Å². The van der Waals surface area contributed by atoms with Crippen LogP contribution in [-0.4, -0.2) is 41.4 Å². The first kappa shape index (κ1) is 23.0. The minimum atomic E-state index is -1.17. The summed E-state index contributed by atoms with van der Waals surface area (Å²) in [4.78, 5) is 27.9. The maximum absolute atomic E-state index is 11.9. The van der Waals surface area contributed by atoms with Crippen molar-refractivity contribution in [2.24, 2.45) is 0 Å². The highest BCUT2D eigenvalue weighted by Crippen LogP contribution is 2.35. The van der Waals surface area contributed by atoms with Gasteiger partial charge in [0.1, 0.15) is 16.4 Å². The fraction of sp³-hybridized carbons (Fsp3) is 0.450. The Kier molecular flexibility index (Phi) is 6.88. The van der Waals surface area contributed by atoms with E-state index in [1.165, 1.54) is 6.20 Å². The normalized spacial score (nSPS) is 15.4. The number of fused-ring (bicyclic) bond motifs is 1. The molecule has 2 heterocycles. The molecular formula is C20H25BN2O7S. The molecule has 1 amide bonds. The lowest BCUT2D eigenvalue weighted by Crippen LogP contribution is -2.28. The Morgan fingerprint density at radius 1 is 1.35 bits per heavy atom. The van der Waals surface area contributed by atoms with Crippen molar-refractivity contribution in [3.63, 3.8) is 0 Å². The lowest BCUT2D eigenvalue weighted by molar-refractivity contribution is -0.145. The second kappa shape index (κ2) is 9.25. The lowest BCUT2D eigenvalue weighted by Gasteiger charge is -2.19. The molecular weight excluding hydrogens is 423 g/mol. The van der Waals surface area contributed by atoms with Crippen LogP contribution in [0.4, 0.5) is 9.80 Å². The topological polar surface area (TPSA) is 116 Å². The van der Waals surface area contributed by atoms with Crippen molar-refractivity contribution in [1.82, 2.24) is 4.98 Å². The quantitative estimate of drug-likeness (QED) is 0.511. The fourth-order valence-corrected chi connectivity index (χ4v) is 3.85. The lowest BCUT2D eigenvalue weighted by atomic mass is 9.77. The molecule has 1 aromatic heterocycles. The van der Waals surface area contributed by atoms with Gasteiger partial charge in [-0.2, -0.15) is 0 Å². The van der Waals surface area contributed by atoms with Crippen molar-refractivity contribution in [2.75, 3.05) is 11.9 Å². The summed E-state index contributed by atoms with van der Waals surface area (Å²) < 4.78 is 21.6. The second-order valence-corrected chi connectivity index (χ2v) is 8.94. The van der Waals surface area contributed by atoms with Crippen LogP contribution in [0.15, 0.2) is 18.3 Å². The van der Waals surface area contributed by atoms with E-state index in [4.69, 9.17) is 18.9 Å². The largest absolute Gasteiger partial charge is 0.492 e. The van der Waals surface area contributed by atoms with Crippen LogP contribution in [0.2, 0.25) is 0 Å². The van der Waals surface area contributed by atoms with Gasteiger partial charge in [0, 0.05) is 0 Å². The fourth-order valence-electron chi connectivity index (χ4n) is 3.18. The van der Waals surface area contributed by atoms with Crippen LogP contribution in [0, 0.1) is 6.92 Å². The molecule has 31 heavy (non-hydrogen) atoms. The van der Waals surface area contributed by atoms with Gasteiger partial charge in [-0.1, -0.05) is 11.3 Å². The summed E-state index contributed by atoms with van der Waals surface area (Å²) in [7, 11) is -1.17. The van der Waals surface area contributed by atoms with Gasteiger partial charge in [-0.3, -0.25) is 10.1 Å². The number of esters is 1. The average Bonchev–Trinajstić information content (AvgIpc) is 3.18. The Hall–Kier alpha value is -2.63. The van der Waals surface area contributed by atoms with Gasteiger partial charge in [0.05, 0.1) is 25.3 Å². The molecule has 2 aromatic rings. The van der Waals surface area contributed by atoms with E-state index >= 15 is 0 Å². The number of aromatic nitrogens is 1. The zero-order valence-corrected chi connectivity index (χ0v) is 18.9. The Labute approximate surface area is 184 Å². The van der Waals surface area contributed by atoms with Crippen molar-refractivity contribution in [3.05, 3.63) is 29.5 Å². The molecule has 0 radical (unpaired) electrons. The number of nitrogens with zero attached hydrogens (tertiary/aromatic N) is 1. The smallest absolute Gasteiger partial charge is 0.466 e. The van der Waals surface area contributed by atoms with Crippen molar-refractivity contribution >= 4 is 41.0 Å². The number of anilines is 1. The number of ether oxygens (including phenoxy) is 3. The van der Waals surface area contributed by atoms with Crippen molar-refractivity contribution < 1.29 is 33.5 Å². The second-order valence-electron chi connectivity index (χ2n) is 7.95. The van der Waals surface area contributed by atoms with Crippen LogP contribution in [0.5, 0.6) is 10.9 Å². The van der Waals surface area contributed by atoms with E-state index in [0.29, 0.717) is 21.4 Å². The van der Waals surface area contributed by atoms with Gasteiger partial charge in [-0.15, -0.1) is 0 Å². The Morgan fingerprint density at radius 2 is 2.10 bits per heavy atom. The van der Waals surface area contributed by atoms with Crippen molar-refractivity contribution in [2.45, 2.75) is 52.7 Å². The predicted octanol–water partition coefficient (Wildman–Crippen LogP) is 3.30. The van der Waals surface area contributed by atoms with Gasteiger partial charge in [0.2, 0.25) is 0 Å². The number of hydrogen-bond acceptors (Lipinski definition) is 9. The molecule has 0 spiro atoms. The van der Waals surface area contributed by atoms with E-state index in [0.717, 1.165) is 22.5 Å². The van der Waals surface area contributed by atoms with Crippen LogP contribution in [0.25, 0.3) is 0 Å². The summed E-state index contributed by atoms with van der Waals surface area (Å²) in [6, 6.07) is 3.43. The van der Waals surface area contributed by atoms with Crippen LogP contribution < -0.4 is 15.5 Å². The summed E-state index contributed by atoms with van der Waals surface area (Å²) in [6.45, 7) is 9.20. The highest BCUT2D eigenvalue weighted by Gasteiger charge is 2.38. The monoisotopic (exact) mass is 448 g/mol. The third-order valence-electron chi connectivity index (χ3n) is 4.24. The third kappa shape index (κ3) is 5.96. The zero-order valence-electron chi connectivity index (χ0n) is 18.1. The molecule has 2 N–H and O–H groups in total. The first-order valence-corrected chi connectivity index (χ1v) is 10.6. The van der Waals surface area contributed by atoms with Gasteiger partial charge in [-0.25, -0.2) is 9.78 Å². The van der Waals surface area contributed by atoms with Crippen LogP contribution in [0.3, 0.4) is 0 Å². The first-order valence-electron chi connectivity index (χ1n) is 9.83. The molecule has 1 aliphatic heterocycles. The molecule has 166 valence electrons. The van der Waals surface area contributed by atoms with Gasteiger partial charge in [0.25, 0.3) is 5.19 Å². The molecule has 0 fully saturated rings. The average molecular weight is 448 g/mol. The van der Waals surface area contributed by atoms with Gasteiger partial charge in [-0.05, 0) is 63.3 Å². The van der Waals surface area contributed by atoms with E-state index in [9.17, 15) is 14.6 Å². The Bertz CT molecular complexity index is 973. The SMILES string of the molecule is CCOC(=O)CC1OB(O)c2cc(Oc3ncc(NC(=O)OC(C)(C)C)s3)cc(C)c21. The number of carbonyl (C=O) groups is 2. The predicted molar refractivity (Wildman–Crippen MR) is 116 cm³/mol. The standard InChI is InChI=1S/C20H25BN2O7S/c1-6-27-16(24)9-14-17-11(2)7-12(8-13(17)21(26)30-14)28-19-22-10-15(31-19)23-18(25)29-20(3,4)5/h7-8,10,14,26H,6,9H2,1-5H3,(H,23,25). The molecule has 1 atom stereocenters. The van der Waals surface area contributed by atoms with Gasteiger partial charge < -0.3 is 23.9 Å². The van der Waals surface area contributed by atoms with Crippen molar-refractivity contribution in [3.8, 4) is 10.9 Å². The van der Waals surface area contributed by atoms with E-state index in [2.05, 4.69) is 10.3 Å². The minimum absolute atomic E-state index is 0.0190. The molecule has 11 heteroatoms. The number of hydrogen-bond donors (Lipinski definition) is 2. The van der Waals surface area contributed by atoms with E-state index in [-0.39, 0.29) is 19.0 Å². The number of benzene rings is 1. The Morgan fingerprint density at radius 3 is 2.77 bits per heavy atom. The van der Waals surface area contributed by atoms with Crippen LogP contribution in [-0.2, 0) is 18.9 Å². The number of rotatable bonds is 6. The highest BCUT2D eigenvalue weighted by atomic mass is 32.1.